The first-order chi connectivity index (χ1) is 14.8. The molecule has 3 atom stereocenters. The van der Waals surface area contributed by atoms with Crippen LogP contribution in [-0.4, -0.2) is 79.7 Å². The number of urea groups is 1. The molecule has 1 aromatic rings. The number of aliphatic hydroxyl groups is 1. The van der Waals surface area contributed by atoms with E-state index in [9.17, 15) is 23.1 Å². The van der Waals surface area contributed by atoms with Gasteiger partial charge in [0, 0.05) is 44.5 Å². The fourth-order valence-corrected chi connectivity index (χ4v) is 4.24. The van der Waals surface area contributed by atoms with Crippen molar-refractivity contribution in [3.8, 4) is 0 Å². The van der Waals surface area contributed by atoms with Gasteiger partial charge in [0.05, 0.1) is 24.3 Å². The van der Waals surface area contributed by atoms with Crippen molar-refractivity contribution < 1.29 is 27.8 Å². The van der Waals surface area contributed by atoms with E-state index in [1.54, 1.807) is 6.07 Å². The van der Waals surface area contributed by atoms with Gasteiger partial charge in [0.15, 0.2) is 0 Å². The summed E-state index contributed by atoms with van der Waals surface area (Å²) in [5.41, 5.74) is -0.0804. The maximum absolute atomic E-state index is 13.0. The van der Waals surface area contributed by atoms with Gasteiger partial charge in [-0.15, -0.1) is 0 Å². The van der Waals surface area contributed by atoms with Gasteiger partial charge in [0.1, 0.15) is 6.10 Å². The smallest absolute Gasteiger partial charge is 0.388 e. The Morgan fingerprint density at radius 3 is 2.55 bits per heavy atom. The van der Waals surface area contributed by atoms with Crippen LogP contribution in [0.5, 0.6) is 0 Å². The van der Waals surface area contributed by atoms with Crippen molar-refractivity contribution >= 4 is 11.7 Å². The molecule has 3 unspecified atom stereocenters. The average molecular weight is 442 g/mol. The lowest BCUT2D eigenvalue weighted by Crippen LogP contribution is -2.53. The van der Waals surface area contributed by atoms with Crippen LogP contribution in [-0.2, 0) is 10.9 Å². The van der Waals surface area contributed by atoms with Crippen molar-refractivity contribution in [2.75, 3.05) is 44.2 Å². The second-order valence-electron chi connectivity index (χ2n) is 8.55. The second kappa shape index (κ2) is 9.22. The molecule has 172 valence electrons. The van der Waals surface area contributed by atoms with E-state index >= 15 is 0 Å². The first kappa shape index (κ1) is 22.2. The summed E-state index contributed by atoms with van der Waals surface area (Å²) in [6.07, 6.45) is -2.45. The van der Waals surface area contributed by atoms with Gasteiger partial charge in [-0.25, -0.2) is 4.79 Å². The van der Waals surface area contributed by atoms with Crippen LogP contribution < -0.4 is 15.5 Å². The minimum atomic E-state index is -4.35. The molecule has 3 aliphatic rings. The summed E-state index contributed by atoms with van der Waals surface area (Å²) in [6, 6.07) is 4.90. The average Bonchev–Trinajstić information content (AvgIpc) is 3.04. The van der Waals surface area contributed by atoms with E-state index in [0.29, 0.717) is 38.4 Å². The van der Waals surface area contributed by atoms with E-state index < -0.39 is 30.0 Å². The van der Waals surface area contributed by atoms with E-state index in [1.807, 2.05) is 4.90 Å². The number of nitrogens with zero attached hydrogens (tertiary/aromatic N) is 2. The van der Waals surface area contributed by atoms with E-state index in [4.69, 9.17) is 4.74 Å². The van der Waals surface area contributed by atoms with Gasteiger partial charge in [0.2, 0.25) is 0 Å². The quantitative estimate of drug-likeness (QED) is 0.649. The number of aliphatic hydroxyl groups excluding tert-OH is 1. The van der Waals surface area contributed by atoms with Crippen molar-refractivity contribution in [3.05, 3.63) is 29.8 Å². The Bertz CT molecular complexity index is 766. The SMILES string of the molecule is O=C(NC1CCC1)NC1COC(CN2CCN(c3cccc(C(F)(F)F)c3)CC2)C1O. The van der Waals surface area contributed by atoms with Crippen LogP contribution in [0.4, 0.5) is 23.7 Å². The number of carbonyl (C=O) groups excluding carboxylic acids is 1. The highest BCUT2D eigenvalue weighted by atomic mass is 19.4. The number of rotatable bonds is 5. The summed E-state index contributed by atoms with van der Waals surface area (Å²) in [5, 5.41) is 16.2. The third-order valence-electron chi connectivity index (χ3n) is 6.39. The Morgan fingerprint density at radius 1 is 1.16 bits per heavy atom. The van der Waals surface area contributed by atoms with Crippen LogP contribution in [0.15, 0.2) is 24.3 Å². The third kappa shape index (κ3) is 5.42. The van der Waals surface area contributed by atoms with Crippen molar-refractivity contribution in [2.45, 2.75) is 49.7 Å². The molecule has 3 N–H and O–H groups in total. The van der Waals surface area contributed by atoms with Crippen LogP contribution >= 0.6 is 0 Å². The zero-order chi connectivity index (χ0) is 22.0. The number of anilines is 1. The first-order valence-electron chi connectivity index (χ1n) is 10.8. The highest BCUT2D eigenvalue weighted by molar-refractivity contribution is 5.74. The van der Waals surface area contributed by atoms with Crippen LogP contribution in [0.25, 0.3) is 0 Å². The largest absolute Gasteiger partial charge is 0.416 e. The van der Waals surface area contributed by atoms with Crippen LogP contribution in [0.2, 0.25) is 0 Å². The molecule has 0 aromatic heterocycles. The molecule has 1 aromatic carbocycles. The molecule has 0 bridgehead atoms. The number of hydrogen-bond acceptors (Lipinski definition) is 5. The number of carbonyl (C=O) groups is 1. The van der Waals surface area contributed by atoms with Crippen molar-refractivity contribution in [3.63, 3.8) is 0 Å². The Hall–Kier alpha value is -2.04. The lowest BCUT2D eigenvalue weighted by Gasteiger charge is -2.37. The lowest BCUT2D eigenvalue weighted by atomic mass is 9.93. The number of nitrogens with one attached hydrogen (secondary N) is 2. The molecule has 0 spiro atoms. The molecule has 2 aliphatic heterocycles. The Labute approximate surface area is 179 Å². The summed E-state index contributed by atoms with van der Waals surface area (Å²) in [6.45, 7) is 3.27. The molecule has 7 nitrogen and oxygen atoms in total. The molecule has 0 radical (unpaired) electrons. The maximum Gasteiger partial charge on any atom is 0.416 e. The second-order valence-corrected chi connectivity index (χ2v) is 8.55. The molecule has 1 aliphatic carbocycles. The van der Waals surface area contributed by atoms with Crippen molar-refractivity contribution in [2.24, 2.45) is 0 Å². The number of halogens is 3. The van der Waals surface area contributed by atoms with E-state index in [1.165, 1.54) is 12.1 Å². The van der Waals surface area contributed by atoms with Gasteiger partial charge >= 0.3 is 12.2 Å². The first-order valence-corrected chi connectivity index (χ1v) is 10.8. The standard InChI is InChI=1S/C21H29F3N4O3/c22-21(23,24)14-3-1-6-16(11-14)28-9-7-27(8-10-28)12-18-19(29)17(13-31-18)26-20(30)25-15-4-2-5-15/h1,3,6,11,15,17-19,29H,2,4-5,7-10,12-13H2,(H2,25,26,30). The topological polar surface area (TPSA) is 77.1 Å². The van der Waals surface area contributed by atoms with Crippen molar-refractivity contribution in [1.82, 2.24) is 15.5 Å². The molecular weight excluding hydrogens is 413 g/mol. The fraction of sp³-hybridized carbons (Fsp3) is 0.667. The van der Waals surface area contributed by atoms with Gasteiger partial charge in [-0.2, -0.15) is 13.2 Å². The van der Waals surface area contributed by atoms with Crippen LogP contribution in [0.3, 0.4) is 0 Å². The predicted molar refractivity (Wildman–Crippen MR) is 109 cm³/mol. The molecule has 10 heteroatoms. The van der Waals surface area contributed by atoms with E-state index in [0.717, 1.165) is 25.3 Å². The third-order valence-corrected chi connectivity index (χ3v) is 6.39. The monoisotopic (exact) mass is 442 g/mol. The summed E-state index contributed by atoms with van der Waals surface area (Å²) in [7, 11) is 0. The van der Waals surface area contributed by atoms with Gasteiger partial charge in [-0.05, 0) is 37.5 Å². The van der Waals surface area contributed by atoms with Gasteiger partial charge in [-0.1, -0.05) is 6.07 Å². The summed E-state index contributed by atoms with van der Waals surface area (Å²) in [4.78, 5) is 16.1. The number of ether oxygens (including phenoxy) is 1. The van der Waals surface area contributed by atoms with Gasteiger partial charge < -0.3 is 25.4 Å². The molecule has 3 fully saturated rings. The minimum absolute atomic E-state index is 0.225. The van der Waals surface area contributed by atoms with Gasteiger partial charge in [-0.3, -0.25) is 4.90 Å². The van der Waals surface area contributed by atoms with Crippen LogP contribution in [0, 0.1) is 0 Å². The number of alkyl halides is 3. The van der Waals surface area contributed by atoms with Gasteiger partial charge in [0.25, 0.3) is 0 Å². The zero-order valence-corrected chi connectivity index (χ0v) is 17.3. The molecule has 4 rings (SSSR count). The number of hydrogen-bond donors (Lipinski definition) is 3. The number of benzene rings is 1. The molecular formula is C21H29F3N4O3. The van der Waals surface area contributed by atoms with Crippen LogP contribution in [0.1, 0.15) is 24.8 Å². The molecule has 2 amide bonds. The number of piperazine rings is 1. The normalized spacial score (nSPS) is 27.7. The number of amides is 2. The molecule has 2 heterocycles. The predicted octanol–water partition coefficient (Wildman–Crippen LogP) is 1.81. The van der Waals surface area contributed by atoms with Crippen molar-refractivity contribution in [1.29, 1.82) is 0 Å². The Kier molecular flexibility index (Phi) is 6.59. The minimum Gasteiger partial charge on any atom is -0.388 e. The van der Waals surface area contributed by atoms with E-state index in [2.05, 4.69) is 15.5 Å². The lowest BCUT2D eigenvalue weighted by molar-refractivity contribution is -0.137. The maximum atomic E-state index is 13.0. The summed E-state index contributed by atoms with van der Waals surface area (Å²) in [5.74, 6) is 0. The highest BCUT2D eigenvalue weighted by Crippen LogP contribution is 2.32. The fourth-order valence-electron chi connectivity index (χ4n) is 4.24. The highest BCUT2D eigenvalue weighted by Gasteiger charge is 2.38. The molecule has 31 heavy (non-hydrogen) atoms. The Balaban J connectivity index is 1.23. The molecule has 2 saturated heterocycles. The molecule has 1 saturated carbocycles. The Morgan fingerprint density at radius 2 is 1.90 bits per heavy atom. The summed E-state index contributed by atoms with van der Waals surface area (Å²) >= 11 is 0. The zero-order valence-electron chi connectivity index (χ0n) is 17.3. The van der Waals surface area contributed by atoms with E-state index in [-0.39, 0.29) is 18.7 Å². The summed E-state index contributed by atoms with van der Waals surface area (Å²) < 4.78 is 44.6.